The van der Waals surface area contributed by atoms with Crippen molar-refractivity contribution in [2.75, 3.05) is 0 Å². The van der Waals surface area contributed by atoms with E-state index >= 15 is 0 Å². The van der Waals surface area contributed by atoms with Crippen LogP contribution in [0.25, 0.3) is 0 Å². The summed E-state index contributed by atoms with van der Waals surface area (Å²) >= 11 is 0. The molecule has 0 aliphatic heterocycles. The monoisotopic (exact) mass is 269 g/mol. The summed E-state index contributed by atoms with van der Waals surface area (Å²) in [6, 6.07) is 3.03. The van der Waals surface area contributed by atoms with E-state index in [-0.39, 0.29) is 5.59 Å². The van der Waals surface area contributed by atoms with Crippen LogP contribution in [0.3, 0.4) is 0 Å². The number of nitrogens with zero attached hydrogens (tertiary/aromatic N) is 1. The summed E-state index contributed by atoms with van der Waals surface area (Å²) in [5, 5.41) is 38.3. The molecule has 106 valence electrons. The largest absolute Gasteiger partial charge is 0.509 e. The van der Waals surface area contributed by atoms with E-state index in [1.807, 2.05) is 0 Å². The van der Waals surface area contributed by atoms with Crippen molar-refractivity contribution in [1.82, 2.24) is 4.57 Å². The average Bonchev–Trinajstić information content (AvgIpc) is 2.57. The predicted molar refractivity (Wildman–Crippen MR) is 74.3 cm³/mol. The molecule has 8 heteroatoms. The van der Waals surface area contributed by atoms with Crippen LogP contribution in [0, 0.1) is 0 Å². The third kappa shape index (κ3) is 3.40. The first kappa shape index (κ1) is 16.3. The van der Waals surface area contributed by atoms with E-state index in [1.54, 1.807) is 40.8 Å². The van der Waals surface area contributed by atoms with E-state index in [4.69, 9.17) is 14.7 Å². The number of aliphatic hydroxyl groups is 1. The molecule has 0 fully saturated rings. The Bertz CT molecular complexity index is 439. The lowest BCUT2D eigenvalue weighted by Crippen LogP contribution is -2.54. The molecule has 0 spiro atoms. The third-order valence-corrected chi connectivity index (χ3v) is 3.60. The second-order valence-corrected chi connectivity index (χ2v) is 5.66. The number of rotatable bonds is 5. The zero-order chi connectivity index (χ0) is 15.0. The maximum atomic E-state index is 10.1. The van der Waals surface area contributed by atoms with Crippen LogP contribution in [-0.4, -0.2) is 50.2 Å². The third-order valence-electron chi connectivity index (χ3n) is 3.60. The van der Waals surface area contributed by atoms with Crippen molar-refractivity contribution in [2.24, 2.45) is 7.05 Å². The van der Waals surface area contributed by atoms with E-state index in [9.17, 15) is 10.1 Å². The van der Waals surface area contributed by atoms with E-state index in [1.165, 1.54) is 10.6 Å². The summed E-state index contributed by atoms with van der Waals surface area (Å²) in [5.41, 5.74) is -1.49. The molecule has 0 bridgehead atoms. The molecule has 1 aromatic rings. The van der Waals surface area contributed by atoms with Crippen LogP contribution >= 0.6 is 0 Å². The van der Waals surface area contributed by atoms with Crippen LogP contribution < -0.4 is 11.2 Å². The molecule has 1 aromatic heterocycles. The first-order chi connectivity index (χ1) is 8.47. The minimum absolute atomic E-state index is 0.249. The van der Waals surface area contributed by atoms with Crippen LogP contribution in [0.2, 0.25) is 0 Å². The van der Waals surface area contributed by atoms with Crippen LogP contribution in [0.4, 0.5) is 0 Å². The number of hydrogen-bond acceptors (Lipinski definition) is 5. The van der Waals surface area contributed by atoms with Gasteiger partial charge in [0.2, 0.25) is 0 Å². The minimum atomic E-state index is -1.62. The fourth-order valence-corrected chi connectivity index (χ4v) is 1.53. The van der Waals surface area contributed by atoms with E-state index in [0.29, 0.717) is 5.59 Å². The zero-order valence-electron chi connectivity index (χ0n) is 12.0. The van der Waals surface area contributed by atoms with Gasteiger partial charge in [-0.1, -0.05) is 0 Å². The van der Waals surface area contributed by atoms with Gasteiger partial charge in [0.25, 0.3) is 0 Å². The van der Waals surface area contributed by atoms with Gasteiger partial charge in [-0.2, -0.15) is 0 Å². The van der Waals surface area contributed by atoms with Gasteiger partial charge in [0.1, 0.15) is 0 Å². The highest BCUT2D eigenvalue weighted by atomic mass is 16.5. The highest BCUT2D eigenvalue weighted by Crippen LogP contribution is 2.25. The van der Waals surface area contributed by atoms with Crippen LogP contribution in [0.15, 0.2) is 12.1 Å². The molecule has 0 atom stereocenters. The molecule has 0 saturated carbocycles. The molecule has 0 aliphatic carbocycles. The molecule has 1 rings (SSSR count). The Kier molecular flexibility index (Phi) is 4.54. The lowest BCUT2D eigenvalue weighted by atomic mass is 9.80. The van der Waals surface area contributed by atoms with Gasteiger partial charge in [-0.3, -0.25) is 0 Å². The molecule has 0 radical (unpaired) electrons. The van der Waals surface area contributed by atoms with Gasteiger partial charge in [0.05, 0.1) is 11.2 Å². The number of aromatic nitrogens is 1. The van der Waals surface area contributed by atoms with E-state index in [2.05, 4.69) is 0 Å². The van der Waals surface area contributed by atoms with Crippen LogP contribution in [-0.2, 0) is 11.7 Å². The molecule has 0 unspecified atom stereocenters. The first-order valence-electron chi connectivity index (χ1n) is 6.07. The Hall–Kier alpha value is -0.790. The van der Waals surface area contributed by atoms with Gasteiger partial charge in [-0.25, -0.2) is 0 Å². The van der Waals surface area contributed by atoms with E-state index < -0.39 is 25.4 Å². The molecule has 0 aromatic carbocycles. The van der Waals surface area contributed by atoms with Crippen molar-refractivity contribution in [1.29, 1.82) is 0 Å². The van der Waals surface area contributed by atoms with Gasteiger partial charge in [0.15, 0.2) is 0 Å². The van der Waals surface area contributed by atoms with Crippen molar-refractivity contribution in [3.63, 3.8) is 0 Å². The molecule has 1 heterocycles. The van der Waals surface area contributed by atoms with Gasteiger partial charge in [-0.05, 0) is 39.8 Å². The van der Waals surface area contributed by atoms with Crippen LogP contribution in [0.5, 0.6) is 0 Å². The first-order valence-corrected chi connectivity index (χ1v) is 6.07. The average molecular weight is 269 g/mol. The molecule has 0 aliphatic rings. The van der Waals surface area contributed by atoms with Gasteiger partial charge >= 0.3 is 14.2 Å². The Morgan fingerprint density at radius 1 is 1.05 bits per heavy atom. The molecular weight excluding hydrogens is 248 g/mol. The maximum absolute atomic E-state index is 10.1. The highest BCUT2D eigenvalue weighted by Gasteiger charge is 2.40. The van der Waals surface area contributed by atoms with Crippen molar-refractivity contribution < 1.29 is 24.8 Å². The standard InChI is InChI=1S/C11H21B2NO5/c1-10(2,15)11(3,4)19-13(18)9-7-6-8(12(16)17)14(9)5/h6-7,15-18H,1-5H3. The Morgan fingerprint density at radius 3 is 1.89 bits per heavy atom. The lowest BCUT2D eigenvalue weighted by Gasteiger charge is -2.38. The SMILES string of the molecule is Cn1c(B(O)O)ccc1B(O)OC(C)(C)C(C)(C)O. The highest BCUT2D eigenvalue weighted by molar-refractivity contribution is 6.62. The summed E-state index contributed by atoms with van der Waals surface area (Å²) in [6.45, 7) is 6.52. The van der Waals surface area contributed by atoms with Gasteiger partial charge in [-0.15, -0.1) is 0 Å². The van der Waals surface area contributed by atoms with Crippen molar-refractivity contribution >= 4 is 25.4 Å². The summed E-state index contributed by atoms with van der Waals surface area (Å²) in [6.07, 6.45) is 0. The summed E-state index contributed by atoms with van der Waals surface area (Å²) in [7, 11) is -1.31. The summed E-state index contributed by atoms with van der Waals surface area (Å²) in [4.78, 5) is 0. The molecule has 19 heavy (non-hydrogen) atoms. The maximum Gasteiger partial charge on any atom is 0.509 e. The summed E-state index contributed by atoms with van der Waals surface area (Å²) in [5.74, 6) is 0. The number of hydrogen-bond donors (Lipinski definition) is 4. The van der Waals surface area contributed by atoms with Crippen molar-refractivity contribution in [3.8, 4) is 0 Å². The fourth-order valence-electron chi connectivity index (χ4n) is 1.53. The topological polar surface area (TPSA) is 95.1 Å². The second-order valence-electron chi connectivity index (χ2n) is 5.66. The quantitative estimate of drug-likeness (QED) is 0.462. The minimum Gasteiger partial charge on any atom is -0.422 e. The predicted octanol–water partition coefficient (Wildman–Crippen LogP) is -2.04. The Labute approximate surface area is 113 Å². The zero-order valence-corrected chi connectivity index (χ0v) is 12.0. The molecule has 6 nitrogen and oxygen atoms in total. The molecule has 0 saturated heterocycles. The Balaban J connectivity index is 2.94. The van der Waals surface area contributed by atoms with Gasteiger partial charge in [0, 0.05) is 18.2 Å². The molecular formula is C11H21B2NO5. The van der Waals surface area contributed by atoms with Crippen molar-refractivity contribution in [2.45, 2.75) is 38.9 Å². The lowest BCUT2D eigenvalue weighted by molar-refractivity contribution is -0.0984. The normalized spacial score (nSPS) is 12.7. The molecule has 0 amide bonds. The summed E-state index contributed by atoms with van der Waals surface area (Å²) < 4.78 is 6.92. The van der Waals surface area contributed by atoms with Crippen molar-refractivity contribution in [3.05, 3.63) is 12.1 Å². The van der Waals surface area contributed by atoms with Gasteiger partial charge < -0.3 is 29.4 Å². The fraction of sp³-hybridized carbons (Fsp3) is 0.636. The smallest absolute Gasteiger partial charge is 0.422 e. The second kappa shape index (κ2) is 5.30. The molecule has 4 N–H and O–H groups in total. The van der Waals surface area contributed by atoms with Crippen LogP contribution in [0.1, 0.15) is 27.7 Å². The Morgan fingerprint density at radius 2 is 1.53 bits per heavy atom. The van der Waals surface area contributed by atoms with E-state index in [0.717, 1.165) is 0 Å².